The van der Waals surface area contributed by atoms with E-state index in [9.17, 15) is 4.79 Å². The molecule has 0 spiro atoms. The van der Waals surface area contributed by atoms with Gasteiger partial charge in [0, 0.05) is 0 Å². The van der Waals surface area contributed by atoms with Crippen LogP contribution >= 0.6 is 0 Å². The molecule has 1 N–H and O–H groups in total. The van der Waals surface area contributed by atoms with Gasteiger partial charge in [0.15, 0.2) is 5.76 Å². The van der Waals surface area contributed by atoms with Gasteiger partial charge in [0.25, 0.3) is 0 Å². The molecule has 126 valence electrons. The van der Waals surface area contributed by atoms with Crippen LogP contribution in [0.2, 0.25) is 0 Å². The minimum absolute atomic E-state index is 0.315. The number of hydrogen-bond acceptors (Lipinski definition) is 3. The topological polar surface area (TPSA) is 57.8 Å². The molecule has 0 aliphatic carbocycles. The van der Waals surface area contributed by atoms with E-state index in [0.29, 0.717) is 22.8 Å². The Balaban J connectivity index is 1.75. The lowest BCUT2D eigenvalue weighted by atomic mass is 10.0. The first-order valence-electron chi connectivity index (χ1n) is 8.38. The van der Waals surface area contributed by atoms with Gasteiger partial charge >= 0.3 is 6.03 Å². The summed E-state index contributed by atoms with van der Waals surface area (Å²) in [6.45, 7) is 1.85. The van der Waals surface area contributed by atoms with Gasteiger partial charge in [-0.3, -0.25) is 0 Å². The van der Waals surface area contributed by atoms with Gasteiger partial charge in [-0.25, -0.2) is 4.79 Å². The van der Waals surface area contributed by atoms with Crippen LogP contribution in [-0.4, -0.2) is 11.7 Å². The SMILES string of the molecule is CC1=NN(c2ccccc2)C(=O)Nc2c1oc1ccc3ccccc3c21. The van der Waals surface area contributed by atoms with Crippen molar-refractivity contribution in [2.75, 3.05) is 10.3 Å². The zero-order chi connectivity index (χ0) is 17.7. The van der Waals surface area contributed by atoms with Crippen LogP contribution < -0.4 is 10.3 Å². The first kappa shape index (κ1) is 14.7. The van der Waals surface area contributed by atoms with Crippen molar-refractivity contribution in [3.63, 3.8) is 0 Å². The molecule has 2 amide bonds. The van der Waals surface area contributed by atoms with Gasteiger partial charge in [-0.05, 0) is 35.9 Å². The number of para-hydroxylation sites is 1. The molecular weight excluding hydrogens is 326 g/mol. The minimum atomic E-state index is -0.315. The molecule has 26 heavy (non-hydrogen) atoms. The summed E-state index contributed by atoms with van der Waals surface area (Å²) in [4.78, 5) is 12.9. The second-order valence-corrected chi connectivity index (χ2v) is 6.23. The van der Waals surface area contributed by atoms with Gasteiger partial charge in [0.05, 0.1) is 16.8 Å². The molecule has 2 heterocycles. The highest BCUT2D eigenvalue weighted by Gasteiger charge is 2.27. The Kier molecular flexibility index (Phi) is 3.09. The average Bonchev–Trinajstić information content (AvgIpc) is 3.00. The summed E-state index contributed by atoms with van der Waals surface area (Å²) in [6.07, 6.45) is 0. The molecule has 0 atom stereocenters. The van der Waals surface area contributed by atoms with Crippen molar-refractivity contribution < 1.29 is 9.21 Å². The number of nitrogens with zero attached hydrogens (tertiary/aromatic N) is 2. The Labute approximate surface area is 149 Å². The van der Waals surface area contributed by atoms with Crippen LogP contribution in [0.4, 0.5) is 16.2 Å². The average molecular weight is 341 g/mol. The van der Waals surface area contributed by atoms with Gasteiger partial charge in [-0.1, -0.05) is 48.5 Å². The fourth-order valence-electron chi connectivity index (χ4n) is 3.39. The summed E-state index contributed by atoms with van der Waals surface area (Å²) in [5, 5.41) is 11.9. The molecule has 1 aliphatic heterocycles. The summed E-state index contributed by atoms with van der Waals surface area (Å²) < 4.78 is 6.05. The Bertz CT molecular complexity index is 1190. The second kappa shape index (κ2) is 5.46. The Morgan fingerprint density at radius 1 is 0.962 bits per heavy atom. The third-order valence-corrected chi connectivity index (χ3v) is 4.58. The van der Waals surface area contributed by atoms with Gasteiger partial charge in [-0.15, -0.1) is 0 Å². The molecule has 5 rings (SSSR count). The van der Waals surface area contributed by atoms with E-state index < -0.39 is 0 Å². The van der Waals surface area contributed by atoms with E-state index in [-0.39, 0.29) is 6.03 Å². The number of fused-ring (bicyclic) bond motifs is 5. The van der Waals surface area contributed by atoms with E-state index >= 15 is 0 Å². The molecule has 3 aromatic carbocycles. The maximum absolute atomic E-state index is 12.9. The third kappa shape index (κ3) is 2.10. The Morgan fingerprint density at radius 2 is 1.73 bits per heavy atom. The zero-order valence-corrected chi connectivity index (χ0v) is 14.1. The second-order valence-electron chi connectivity index (χ2n) is 6.23. The molecule has 5 heteroatoms. The number of furan rings is 1. The monoisotopic (exact) mass is 341 g/mol. The molecule has 5 nitrogen and oxygen atoms in total. The molecule has 0 bridgehead atoms. The molecule has 0 saturated heterocycles. The van der Waals surface area contributed by atoms with Crippen LogP contribution in [0.5, 0.6) is 0 Å². The third-order valence-electron chi connectivity index (χ3n) is 4.58. The van der Waals surface area contributed by atoms with Crippen LogP contribution in [-0.2, 0) is 0 Å². The molecule has 0 unspecified atom stereocenters. The summed E-state index contributed by atoms with van der Waals surface area (Å²) in [5.74, 6) is 0.586. The summed E-state index contributed by atoms with van der Waals surface area (Å²) in [5.41, 5.74) is 2.74. The summed E-state index contributed by atoms with van der Waals surface area (Å²) in [6, 6.07) is 21.0. The molecular formula is C21H15N3O2. The van der Waals surface area contributed by atoms with E-state index in [2.05, 4.69) is 10.4 Å². The van der Waals surface area contributed by atoms with Gasteiger partial charge < -0.3 is 9.73 Å². The summed E-state index contributed by atoms with van der Waals surface area (Å²) >= 11 is 0. The maximum atomic E-state index is 12.9. The minimum Gasteiger partial charge on any atom is -0.452 e. The predicted molar refractivity (Wildman–Crippen MR) is 104 cm³/mol. The highest BCUT2D eigenvalue weighted by atomic mass is 16.3. The molecule has 1 aliphatic rings. The smallest absolute Gasteiger partial charge is 0.347 e. The first-order valence-corrected chi connectivity index (χ1v) is 8.38. The Morgan fingerprint density at radius 3 is 2.58 bits per heavy atom. The number of amides is 2. The fourth-order valence-corrected chi connectivity index (χ4v) is 3.39. The number of nitrogens with one attached hydrogen (secondary N) is 1. The lowest BCUT2D eigenvalue weighted by Crippen LogP contribution is -2.29. The molecule has 0 radical (unpaired) electrons. The number of anilines is 2. The van der Waals surface area contributed by atoms with Crippen LogP contribution in [0, 0.1) is 0 Å². The van der Waals surface area contributed by atoms with Crippen molar-refractivity contribution in [1.29, 1.82) is 0 Å². The number of hydrazone groups is 1. The van der Waals surface area contributed by atoms with Crippen molar-refractivity contribution in [1.82, 2.24) is 0 Å². The number of benzene rings is 3. The lowest BCUT2D eigenvalue weighted by Gasteiger charge is -2.16. The van der Waals surface area contributed by atoms with Crippen LogP contribution in [0.15, 0.2) is 76.2 Å². The van der Waals surface area contributed by atoms with Crippen molar-refractivity contribution in [3.8, 4) is 0 Å². The van der Waals surface area contributed by atoms with Crippen LogP contribution in [0.3, 0.4) is 0 Å². The number of urea groups is 1. The number of hydrogen-bond donors (Lipinski definition) is 1. The lowest BCUT2D eigenvalue weighted by molar-refractivity contribution is 0.257. The van der Waals surface area contributed by atoms with Crippen molar-refractivity contribution in [3.05, 3.63) is 72.5 Å². The van der Waals surface area contributed by atoms with E-state index in [0.717, 1.165) is 21.7 Å². The number of carbonyl (C=O) groups excluding carboxylic acids is 1. The molecule has 4 aromatic rings. The van der Waals surface area contributed by atoms with Crippen LogP contribution in [0.25, 0.3) is 21.7 Å². The largest absolute Gasteiger partial charge is 0.452 e. The zero-order valence-electron chi connectivity index (χ0n) is 14.1. The van der Waals surface area contributed by atoms with Gasteiger partial charge in [0.2, 0.25) is 0 Å². The fraction of sp³-hybridized carbons (Fsp3) is 0.0476. The first-order chi connectivity index (χ1) is 12.7. The molecule has 0 fully saturated rings. The van der Waals surface area contributed by atoms with Gasteiger partial charge in [0.1, 0.15) is 11.3 Å². The van der Waals surface area contributed by atoms with E-state index in [4.69, 9.17) is 4.42 Å². The van der Waals surface area contributed by atoms with E-state index in [1.54, 1.807) is 0 Å². The van der Waals surface area contributed by atoms with Gasteiger partial charge in [-0.2, -0.15) is 10.1 Å². The van der Waals surface area contributed by atoms with E-state index in [1.807, 2.05) is 73.7 Å². The normalized spacial score (nSPS) is 14.1. The van der Waals surface area contributed by atoms with Crippen molar-refractivity contribution >= 4 is 44.9 Å². The molecule has 1 aromatic heterocycles. The highest BCUT2D eigenvalue weighted by Crippen LogP contribution is 2.38. The molecule has 0 saturated carbocycles. The maximum Gasteiger partial charge on any atom is 0.347 e. The highest BCUT2D eigenvalue weighted by molar-refractivity contribution is 6.22. The number of rotatable bonds is 1. The number of carbonyl (C=O) groups is 1. The summed E-state index contributed by atoms with van der Waals surface area (Å²) in [7, 11) is 0. The Hall–Kier alpha value is -3.60. The standard InChI is InChI=1S/C21H15N3O2/c1-13-20-19(22-21(25)24(23-13)15-8-3-2-4-9-15)18-16-10-6-5-7-14(16)11-12-17(18)26-20/h2-12H,1H3,(H,22,25). The van der Waals surface area contributed by atoms with Crippen molar-refractivity contribution in [2.45, 2.75) is 6.92 Å². The quantitative estimate of drug-likeness (QED) is 0.506. The van der Waals surface area contributed by atoms with Crippen LogP contribution in [0.1, 0.15) is 12.7 Å². The predicted octanol–water partition coefficient (Wildman–Crippen LogP) is 5.36. The van der Waals surface area contributed by atoms with E-state index in [1.165, 1.54) is 5.01 Å². The van der Waals surface area contributed by atoms with Crippen molar-refractivity contribution in [2.24, 2.45) is 5.10 Å².